The van der Waals surface area contributed by atoms with E-state index in [4.69, 9.17) is 10.1 Å². The number of thioether (sulfide) groups is 1. The number of amides is 1. The van der Waals surface area contributed by atoms with E-state index in [-0.39, 0.29) is 17.0 Å². The molecule has 18 heavy (non-hydrogen) atoms. The zero-order chi connectivity index (χ0) is 13.3. The van der Waals surface area contributed by atoms with E-state index in [2.05, 4.69) is 13.8 Å². The molecule has 0 unspecified atom stereocenters. The average Bonchev–Trinajstić information content (AvgIpc) is 2.68. The molecule has 0 radical (unpaired) electrons. The molecule has 4 nitrogen and oxygen atoms in total. The van der Waals surface area contributed by atoms with E-state index in [9.17, 15) is 4.79 Å². The fraction of sp³-hybridized carbons (Fsp3) is 0.385. The SMILES string of the molecule is COc1ccc(C(C)C)c(N2C(=N)SCC2=O)c1. The van der Waals surface area contributed by atoms with Gasteiger partial charge in [0.1, 0.15) is 5.75 Å². The summed E-state index contributed by atoms with van der Waals surface area (Å²) in [6.07, 6.45) is 0. The summed E-state index contributed by atoms with van der Waals surface area (Å²) in [5.41, 5.74) is 1.82. The summed E-state index contributed by atoms with van der Waals surface area (Å²) in [5.74, 6) is 1.29. The summed E-state index contributed by atoms with van der Waals surface area (Å²) in [6, 6.07) is 5.67. The van der Waals surface area contributed by atoms with Gasteiger partial charge in [-0.15, -0.1) is 0 Å². The first-order valence-corrected chi connectivity index (χ1v) is 6.75. The first-order valence-electron chi connectivity index (χ1n) is 5.77. The van der Waals surface area contributed by atoms with E-state index in [0.717, 1.165) is 11.3 Å². The van der Waals surface area contributed by atoms with E-state index < -0.39 is 0 Å². The molecule has 0 saturated carbocycles. The molecule has 2 rings (SSSR count). The number of ether oxygens (including phenoxy) is 1. The van der Waals surface area contributed by atoms with Gasteiger partial charge >= 0.3 is 0 Å². The quantitative estimate of drug-likeness (QED) is 0.913. The van der Waals surface area contributed by atoms with Crippen LogP contribution in [-0.4, -0.2) is 23.9 Å². The second kappa shape index (κ2) is 5.02. The number of rotatable bonds is 3. The lowest BCUT2D eigenvalue weighted by atomic mass is 10.00. The lowest BCUT2D eigenvalue weighted by molar-refractivity contribution is -0.115. The Morgan fingerprint density at radius 1 is 1.44 bits per heavy atom. The number of carbonyl (C=O) groups excluding carboxylic acids is 1. The highest BCUT2D eigenvalue weighted by molar-refractivity contribution is 8.15. The second-order valence-corrected chi connectivity index (χ2v) is 5.37. The highest BCUT2D eigenvalue weighted by Gasteiger charge is 2.30. The highest BCUT2D eigenvalue weighted by Crippen LogP contribution is 2.35. The Kier molecular flexibility index (Phi) is 3.61. The van der Waals surface area contributed by atoms with Gasteiger partial charge in [0.15, 0.2) is 5.17 Å². The van der Waals surface area contributed by atoms with Crippen LogP contribution in [0.15, 0.2) is 18.2 Å². The topological polar surface area (TPSA) is 53.4 Å². The summed E-state index contributed by atoms with van der Waals surface area (Å²) in [7, 11) is 1.60. The molecular formula is C13H16N2O2S. The highest BCUT2D eigenvalue weighted by atomic mass is 32.2. The summed E-state index contributed by atoms with van der Waals surface area (Å²) in [6.45, 7) is 4.14. The van der Waals surface area contributed by atoms with Crippen molar-refractivity contribution >= 4 is 28.5 Å². The first kappa shape index (κ1) is 13.0. The van der Waals surface area contributed by atoms with E-state index in [0.29, 0.717) is 11.5 Å². The van der Waals surface area contributed by atoms with Crippen LogP contribution in [0.25, 0.3) is 0 Å². The van der Waals surface area contributed by atoms with Crippen molar-refractivity contribution in [3.05, 3.63) is 23.8 Å². The van der Waals surface area contributed by atoms with Crippen molar-refractivity contribution in [2.75, 3.05) is 17.8 Å². The van der Waals surface area contributed by atoms with Crippen LogP contribution < -0.4 is 9.64 Å². The molecular weight excluding hydrogens is 248 g/mol. The lowest BCUT2D eigenvalue weighted by Gasteiger charge is -2.21. The lowest BCUT2D eigenvalue weighted by Crippen LogP contribution is -2.29. The van der Waals surface area contributed by atoms with Crippen molar-refractivity contribution in [3.63, 3.8) is 0 Å². The van der Waals surface area contributed by atoms with Crippen molar-refractivity contribution < 1.29 is 9.53 Å². The Morgan fingerprint density at radius 2 is 2.17 bits per heavy atom. The summed E-state index contributed by atoms with van der Waals surface area (Å²) >= 11 is 1.26. The van der Waals surface area contributed by atoms with Crippen molar-refractivity contribution in [1.82, 2.24) is 0 Å². The number of methoxy groups -OCH3 is 1. The number of nitrogens with one attached hydrogen (secondary N) is 1. The number of hydrogen-bond donors (Lipinski definition) is 1. The van der Waals surface area contributed by atoms with E-state index >= 15 is 0 Å². The van der Waals surface area contributed by atoms with Crippen molar-refractivity contribution in [1.29, 1.82) is 5.41 Å². The summed E-state index contributed by atoms with van der Waals surface area (Å²) in [4.78, 5) is 13.4. The second-order valence-electron chi connectivity index (χ2n) is 4.40. The largest absolute Gasteiger partial charge is 0.497 e. The number of amidine groups is 1. The molecule has 1 fully saturated rings. The van der Waals surface area contributed by atoms with Crippen molar-refractivity contribution in [3.8, 4) is 5.75 Å². The van der Waals surface area contributed by atoms with Gasteiger partial charge in [0.25, 0.3) is 0 Å². The zero-order valence-electron chi connectivity index (χ0n) is 10.7. The van der Waals surface area contributed by atoms with Gasteiger partial charge in [-0.3, -0.25) is 15.1 Å². The molecule has 1 saturated heterocycles. The molecule has 1 aliphatic heterocycles. The third-order valence-corrected chi connectivity index (χ3v) is 3.73. The minimum atomic E-state index is -0.0415. The fourth-order valence-corrected chi connectivity index (χ4v) is 2.67. The van der Waals surface area contributed by atoms with Crippen LogP contribution in [-0.2, 0) is 4.79 Å². The standard InChI is InChI=1S/C13H16N2O2S/c1-8(2)10-5-4-9(17-3)6-11(10)15-12(16)7-18-13(15)14/h4-6,8,14H,7H2,1-3H3. The van der Waals surface area contributed by atoms with Crippen molar-refractivity contribution in [2.24, 2.45) is 0 Å². The molecule has 0 bridgehead atoms. The summed E-state index contributed by atoms with van der Waals surface area (Å²) < 4.78 is 5.20. The van der Waals surface area contributed by atoms with Gasteiger partial charge in [-0.25, -0.2) is 0 Å². The maximum absolute atomic E-state index is 11.9. The van der Waals surface area contributed by atoms with Crippen LogP contribution in [0.2, 0.25) is 0 Å². The predicted molar refractivity (Wildman–Crippen MR) is 74.8 cm³/mol. The van der Waals surface area contributed by atoms with E-state index in [1.807, 2.05) is 18.2 Å². The molecule has 0 atom stereocenters. The third-order valence-electron chi connectivity index (χ3n) is 2.89. The normalized spacial score (nSPS) is 15.7. The first-order chi connectivity index (χ1) is 8.54. The minimum absolute atomic E-state index is 0.0415. The van der Waals surface area contributed by atoms with Crippen LogP contribution in [0.4, 0.5) is 5.69 Å². The van der Waals surface area contributed by atoms with Gasteiger partial charge in [0.05, 0.1) is 18.6 Å². The van der Waals surface area contributed by atoms with Gasteiger partial charge in [0.2, 0.25) is 5.91 Å². The molecule has 0 aliphatic carbocycles. The maximum Gasteiger partial charge on any atom is 0.243 e. The molecule has 1 heterocycles. The van der Waals surface area contributed by atoms with E-state index in [1.165, 1.54) is 16.7 Å². The fourth-order valence-electron chi connectivity index (χ4n) is 1.95. The van der Waals surface area contributed by atoms with Crippen molar-refractivity contribution in [2.45, 2.75) is 19.8 Å². The Balaban J connectivity index is 2.52. The molecule has 1 aliphatic rings. The Labute approximate surface area is 111 Å². The third kappa shape index (κ3) is 2.22. The maximum atomic E-state index is 11.9. The smallest absolute Gasteiger partial charge is 0.243 e. The number of nitrogens with zero attached hydrogens (tertiary/aromatic N) is 1. The molecule has 1 aromatic rings. The van der Waals surface area contributed by atoms with Crippen LogP contribution in [0.5, 0.6) is 5.75 Å². The zero-order valence-corrected chi connectivity index (χ0v) is 11.5. The van der Waals surface area contributed by atoms with Gasteiger partial charge in [-0.1, -0.05) is 31.7 Å². The van der Waals surface area contributed by atoms with Gasteiger partial charge < -0.3 is 4.74 Å². The number of benzene rings is 1. The Morgan fingerprint density at radius 3 is 2.67 bits per heavy atom. The van der Waals surface area contributed by atoms with Crippen LogP contribution in [0.3, 0.4) is 0 Å². The summed E-state index contributed by atoms with van der Waals surface area (Å²) in [5, 5.41) is 8.15. The monoisotopic (exact) mass is 264 g/mol. The molecule has 1 N–H and O–H groups in total. The molecule has 0 aromatic heterocycles. The molecule has 1 amide bonds. The van der Waals surface area contributed by atoms with Gasteiger partial charge in [-0.2, -0.15) is 0 Å². The predicted octanol–water partition coefficient (Wildman–Crippen LogP) is 2.83. The van der Waals surface area contributed by atoms with Crippen LogP contribution >= 0.6 is 11.8 Å². The number of anilines is 1. The minimum Gasteiger partial charge on any atom is -0.497 e. The molecule has 0 spiro atoms. The molecule has 96 valence electrons. The van der Waals surface area contributed by atoms with Gasteiger partial charge in [0, 0.05) is 6.07 Å². The average molecular weight is 264 g/mol. The molecule has 5 heteroatoms. The Bertz CT molecular complexity index is 484. The van der Waals surface area contributed by atoms with E-state index in [1.54, 1.807) is 7.11 Å². The Hall–Kier alpha value is -1.49. The number of carbonyl (C=O) groups is 1. The van der Waals surface area contributed by atoms with Crippen LogP contribution in [0, 0.1) is 5.41 Å². The van der Waals surface area contributed by atoms with Gasteiger partial charge in [-0.05, 0) is 17.5 Å². The molecule has 1 aromatic carbocycles. The number of hydrogen-bond acceptors (Lipinski definition) is 4. The van der Waals surface area contributed by atoms with Crippen LogP contribution in [0.1, 0.15) is 25.3 Å².